The van der Waals surface area contributed by atoms with Crippen molar-refractivity contribution in [3.8, 4) is 17.6 Å². The summed E-state index contributed by atoms with van der Waals surface area (Å²) in [6.45, 7) is 2.17. The largest absolute Gasteiger partial charge is 0.490 e. The first-order valence-corrected chi connectivity index (χ1v) is 9.56. The van der Waals surface area contributed by atoms with E-state index in [0.29, 0.717) is 38.6 Å². The van der Waals surface area contributed by atoms with Gasteiger partial charge in [-0.05, 0) is 48.9 Å². The minimum atomic E-state index is -0.440. The van der Waals surface area contributed by atoms with Gasteiger partial charge >= 0.3 is 0 Å². The van der Waals surface area contributed by atoms with Gasteiger partial charge in [0, 0.05) is 0 Å². The summed E-state index contributed by atoms with van der Waals surface area (Å²) in [5, 5.41) is 8.68. The minimum absolute atomic E-state index is 0.0916. The maximum absolute atomic E-state index is 13.5. The number of amides is 1. The number of carbonyl (C=O) groups is 1. The maximum Gasteiger partial charge on any atom is 0.270 e. The molecule has 1 fully saturated rings. The average molecular weight is 414 g/mol. The van der Waals surface area contributed by atoms with Gasteiger partial charge in [-0.15, -0.1) is 0 Å². The van der Waals surface area contributed by atoms with E-state index in [4.69, 9.17) is 27.0 Å². The predicted molar refractivity (Wildman–Crippen MR) is 111 cm³/mol. The average Bonchev–Trinajstić information content (AvgIpc) is 2.94. The van der Waals surface area contributed by atoms with Crippen LogP contribution >= 0.6 is 24.0 Å². The van der Waals surface area contributed by atoms with E-state index in [9.17, 15) is 9.18 Å². The summed E-state index contributed by atoms with van der Waals surface area (Å²) in [5.41, 5.74) is 1.11. The number of rotatable bonds is 6. The standard InChI is InChI=1S/C20H15FN2O3S2/c1-2-25-17-10-13(6-7-16(17)26-9-8-22)11-18-19(24)23(20(27)28-18)15-5-3-4-14(21)12-15/h3-7,10-12H,2,9H2,1H3/b18-11+. The number of thioether (sulfide) groups is 1. The summed E-state index contributed by atoms with van der Waals surface area (Å²) >= 11 is 6.45. The highest BCUT2D eigenvalue weighted by molar-refractivity contribution is 8.27. The minimum Gasteiger partial charge on any atom is -0.490 e. The molecule has 0 atom stereocenters. The van der Waals surface area contributed by atoms with Crippen LogP contribution < -0.4 is 14.4 Å². The lowest BCUT2D eigenvalue weighted by atomic mass is 10.1. The van der Waals surface area contributed by atoms with E-state index in [1.54, 1.807) is 30.3 Å². The first-order valence-electron chi connectivity index (χ1n) is 8.33. The highest BCUT2D eigenvalue weighted by atomic mass is 32.2. The SMILES string of the molecule is CCOc1cc(/C=C2/SC(=S)N(c3cccc(F)c3)C2=O)ccc1OCC#N. The normalized spacial score (nSPS) is 15.0. The van der Waals surface area contributed by atoms with Crippen LogP contribution in [0, 0.1) is 17.1 Å². The van der Waals surface area contributed by atoms with Gasteiger partial charge in [0.25, 0.3) is 5.91 Å². The van der Waals surface area contributed by atoms with Crippen molar-refractivity contribution >= 4 is 46.0 Å². The Balaban J connectivity index is 1.89. The van der Waals surface area contributed by atoms with Crippen molar-refractivity contribution in [3.05, 3.63) is 58.8 Å². The Hall–Kier alpha value is -2.89. The molecule has 0 aromatic heterocycles. The van der Waals surface area contributed by atoms with Gasteiger partial charge in [-0.3, -0.25) is 9.69 Å². The molecular formula is C20H15FN2O3S2. The first kappa shape index (κ1) is 19.9. The number of ether oxygens (including phenoxy) is 2. The molecule has 1 saturated heterocycles. The fourth-order valence-corrected chi connectivity index (χ4v) is 3.87. The molecule has 28 heavy (non-hydrogen) atoms. The fourth-order valence-electron chi connectivity index (χ4n) is 2.57. The number of hydrogen-bond acceptors (Lipinski definition) is 6. The van der Waals surface area contributed by atoms with Crippen LogP contribution in [-0.4, -0.2) is 23.4 Å². The smallest absolute Gasteiger partial charge is 0.270 e. The van der Waals surface area contributed by atoms with E-state index in [0.717, 1.165) is 11.8 Å². The van der Waals surface area contributed by atoms with E-state index in [-0.39, 0.29) is 12.5 Å². The second-order valence-electron chi connectivity index (χ2n) is 5.58. The molecule has 0 saturated carbocycles. The van der Waals surface area contributed by atoms with Crippen molar-refractivity contribution in [3.63, 3.8) is 0 Å². The molecular weight excluding hydrogens is 399 g/mol. The molecule has 0 radical (unpaired) electrons. The molecule has 1 heterocycles. The molecule has 3 rings (SSSR count). The van der Waals surface area contributed by atoms with Crippen molar-refractivity contribution < 1.29 is 18.7 Å². The van der Waals surface area contributed by atoms with E-state index in [2.05, 4.69) is 0 Å². The van der Waals surface area contributed by atoms with Crippen LogP contribution in [-0.2, 0) is 4.79 Å². The Morgan fingerprint density at radius 1 is 1.25 bits per heavy atom. The number of carbonyl (C=O) groups excluding carboxylic acids is 1. The number of nitrogens with zero attached hydrogens (tertiary/aromatic N) is 2. The lowest BCUT2D eigenvalue weighted by Crippen LogP contribution is -2.27. The maximum atomic E-state index is 13.5. The molecule has 142 valence electrons. The summed E-state index contributed by atoms with van der Waals surface area (Å²) < 4.78 is 24.7. The number of anilines is 1. The predicted octanol–water partition coefficient (Wildman–Crippen LogP) is 4.53. The van der Waals surface area contributed by atoms with E-state index < -0.39 is 5.82 Å². The molecule has 0 aliphatic carbocycles. The number of nitriles is 1. The third kappa shape index (κ3) is 4.32. The fraction of sp³-hybridized carbons (Fsp3) is 0.150. The number of thiocarbonyl (C=S) groups is 1. The number of halogens is 1. The van der Waals surface area contributed by atoms with Crippen molar-refractivity contribution in [2.24, 2.45) is 0 Å². The molecule has 2 aromatic rings. The van der Waals surface area contributed by atoms with E-state index >= 15 is 0 Å². The Bertz CT molecular complexity index is 1000. The Morgan fingerprint density at radius 3 is 2.79 bits per heavy atom. The van der Waals surface area contributed by atoms with Crippen LogP contribution in [0.2, 0.25) is 0 Å². The van der Waals surface area contributed by atoms with Gasteiger partial charge in [0.15, 0.2) is 22.4 Å². The van der Waals surface area contributed by atoms with Gasteiger partial charge in [0.1, 0.15) is 11.9 Å². The summed E-state index contributed by atoms with van der Waals surface area (Å²) in [5.74, 6) is 0.174. The van der Waals surface area contributed by atoms with Crippen molar-refractivity contribution in [2.75, 3.05) is 18.1 Å². The van der Waals surface area contributed by atoms with Crippen LogP contribution in [0.3, 0.4) is 0 Å². The quantitative estimate of drug-likeness (QED) is 0.511. The lowest BCUT2D eigenvalue weighted by molar-refractivity contribution is -0.113. The zero-order valence-corrected chi connectivity index (χ0v) is 16.5. The molecule has 5 nitrogen and oxygen atoms in total. The molecule has 0 spiro atoms. The molecule has 2 aromatic carbocycles. The van der Waals surface area contributed by atoms with Crippen molar-refractivity contribution in [2.45, 2.75) is 6.92 Å². The molecule has 0 bridgehead atoms. The zero-order valence-electron chi connectivity index (χ0n) is 14.8. The Kier molecular flexibility index (Phi) is 6.29. The van der Waals surface area contributed by atoms with Crippen LogP contribution in [0.1, 0.15) is 12.5 Å². The van der Waals surface area contributed by atoms with Gasteiger partial charge in [-0.1, -0.05) is 36.1 Å². The Labute approximate surface area is 171 Å². The third-order valence-electron chi connectivity index (χ3n) is 3.72. The van der Waals surface area contributed by atoms with Gasteiger partial charge in [-0.2, -0.15) is 5.26 Å². The second-order valence-corrected chi connectivity index (χ2v) is 7.26. The van der Waals surface area contributed by atoms with Crippen LogP contribution in [0.25, 0.3) is 6.08 Å². The summed E-state index contributed by atoms with van der Waals surface area (Å²) in [4.78, 5) is 14.5. The highest BCUT2D eigenvalue weighted by Gasteiger charge is 2.33. The van der Waals surface area contributed by atoms with Gasteiger partial charge < -0.3 is 9.47 Å². The summed E-state index contributed by atoms with van der Waals surface area (Å²) in [6, 6.07) is 12.8. The second kappa shape index (κ2) is 8.87. The van der Waals surface area contributed by atoms with E-state index in [1.807, 2.05) is 13.0 Å². The van der Waals surface area contributed by atoms with Gasteiger partial charge in [0.2, 0.25) is 0 Å². The van der Waals surface area contributed by atoms with Crippen molar-refractivity contribution in [1.29, 1.82) is 5.26 Å². The first-order chi connectivity index (χ1) is 13.5. The molecule has 0 unspecified atom stereocenters. The van der Waals surface area contributed by atoms with Gasteiger partial charge in [-0.25, -0.2) is 4.39 Å². The molecule has 1 amide bonds. The van der Waals surface area contributed by atoms with Crippen molar-refractivity contribution in [1.82, 2.24) is 0 Å². The lowest BCUT2D eigenvalue weighted by Gasteiger charge is -2.14. The van der Waals surface area contributed by atoms with Crippen LogP contribution in [0.4, 0.5) is 10.1 Å². The number of hydrogen-bond donors (Lipinski definition) is 0. The summed E-state index contributed by atoms with van der Waals surface area (Å²) in [6.07, 6.45) is 1.69. The topological polar surface area (TPSA) is 62.6 Å². The highest BCUT2D eigenvalue weighted by Crippen LogP contribution is 2.37. The molecule has 0 N–H and O–H groups in total. The molecule has 1 aliphatic rings. The van der Waals surface area contributed by atoms with E-state index in [1.165, 1.54) is 23.1 Å². The number of benzene rings is 2. The summed E-state index contributed by atoms with van der Waals surface area (Å²) in [7, 11) is 0. The van der Waals surface area contributed by atoms with Crippen LogP contribution in [0.5, 0.6) is 11.5 Å². The molecule has 8 heteroatoms. The van der Waals surface area contributed by atoms with Gasteiger partial charge in [0.05, 0.1) is 17.2 Å². The molecule has 1 aliphatic heterocycles. The Morgan fingerprint density at radius 2 is 2.07 bits per heavy atom. The van der Waals surface area contributed by atoms with Crippen LogP contribution in [0.15, 0.2) is 47.4 Å². The monoisotopic (exact) mass is 414 g/mol. The zero-order chi connectivity index (χ0) is 20.1. The third-order valence-corrected chi connectivity index (χ3v) is 5.02.